The maximum atomic E-state index is 5.52. The molecule has 0 spiro atoms. The Kier molecular flexibility index (Phi) is 7.96. The predicted octanol–water partition coefficient (Wildman–Crippen LogP) is 1.99. The van der Waals surface area contributed by atoms with Gasteiger partial charge in [0, 0.05) is 64.6 Å². The Balaban J connectivity index is 1.44. The first-order chi connectivity index (χ1) is 14.6. The summed E-state index contributed by atoms with van der Waals surface area (Å²) in [4.78, 5) is 9.25. The topological polar surface area (TPSA) is 67.2 Å². The first kappa shape index (κ1) is 22.0. The second-order valence-corrected chi connectivity index (χ2v) is 7.55. The number of nitrogens with zero attached hydrogens (tertiary/aromatic N) is 5. The number of hydrogen-bond donors (Lipinski definition) is 1. The van der Waals surface area contributed by atoms with E-state index in [1.54, 1.807) is 14.2 Å². The van der Waals surface area contributed by atoms with Crippen LogP contribution in [0.25, 0.3) is 0 Å². The second-order valence-electron chi connectivity index (χ2n) is 7.55. The average Bonchev–Trinajstić information content (AvgIpc) is 3.19. The SMILES string of the molecule is CN=C(NCCCn1cc(C)cn1)N1CCN(Cc2cc(OC)ccc2OC)CC1. The van der Waals surface area contributed by atoms with Gasteiger partial charge in [0.15, 0.2) is 5.96 Å². The molecule has 2 heterocycles. The Labute approximate surface area is 179 Å². The van der Waals surface area contributed by atoms with Crippen molar-refractivity contribution in [3.8, 4) is 11.5 Å². The Bertz CT molecular complexity index is 827. The van der Waals surface area contributed by atoms with Crippen LogP contribution >= 0.6 is 0 Å². The summed E-state index contributed by atoms with van der Waals surface area (Å²) in [6, 6.07) is 5.97. The third-order valence-electron chi connectivity index (χ3n) is 5.37. The number of rotatable bonds is 8. The molecule has 0 saturated carbocycles. The van der Waals surface area contributed by atoms with Gasteiger partial charge in [0.1, 0.15) is 11.5 Å². The van der Waals surface area contributed by atoms with Crippen molar-refractivity contribution in [2.75, 3.05) is 54.0 Å². The average molecular weight is 415 g/mol. The van der Waals surface area contributed by atoms with E-state index in [4.69, 9.17) is 9.47 Å². The largest absolute Gasteiger partial charge is 0.497 e. The molecule has 8 heteroatoms. The quantitative estimate of drug-likeness (QED) is 0.405. The molecule has 0 atom stereocenters. The van der Waals surface area contributed by atoms with Crippen LogP contribution in [0.15, 0.2) is 35.6 Å². The summed E-state index contributed by atoms with van der Waals surface area (Å²) in [7, 11) is 5.26. The van der Waals surface area contributed by atoms with Gasteiger partial charge in [0.25, 0.3) is 0 Å². The van der Waals surface area contributed by atoms with Crippen molar-refractivity contribution in [1.29, 1.82) is 0 Å². The summed E-state index contributed by atoms with van der Waals surface area (Å²) in [6.07, 6.45) is 4.98. The van der Waals surface area contributed by atoms with E-state index in [1.807, 2.05) is 30.1 Å². The van der Waals surface area contributed by atoms with Crippen LogP contribution in [0.2, 0.25) is 0 Å². The fraction of sp³-hybridized carbons (Fsp3) is 0.545. The smallest absolute Gasteiger partial charge is 0.193 e. The van der Waals surface area contributed by atoms with Gasteiger partial charge in [-0.15, -0.1) is 0 Å². The lowest BCUT2D eigenvalue weighted by molar-refractivity contribution is 0.171. The summed E-state index contributed by atoms with van der Waals surface area (Å²) in [5, 5.41) is 7.83. The number of aliphatic imine (C=N–C) groups is 1. The van der Waals surface area contributed by atoms with Crippen molar-refractivity contribution in [3.63, 3.8) is 0 Å². The zero-order chi connectivity index (χ0) is 21.3. The summed E-state index contributed by atoms with van der Waals surface area (Å²) >= 11 is 0. The second kappa shape index (κ2) is 10.9. The maximum absolute atomic E-state index is 5.52. The fourth-order valence-corrected chi connectivity index (χ4v) is 3.73. The number of nitrogens with one attached hydrogen (secondary N) is 1. The van der Waals surface area contributed by atoms with Crippen LogP contribution in [-0.4, -0.2) is 79.5 Å². The predicted molar refractivity (Wildman–Crippen MR) is 119 cm³/mol. The van der Waals surface area contributed by atoms with Gasteiger partial charge in [-0.1, -0.05) is 0 Å². The van der Waals surface area contributed by atoms with E-state index < -0.39 is 0 Å². The molecule has 8 nitrogen and oxygen atoms in total. The highest BCUT2D eigenvalue weighted by Gasteiger charge is 2.20. The molecule has 0 unspecified atom stereocenters. The summed E-state index contributed by atoms with van der Waals surface area (Å²) in [5.74, 6) is 2.74. The minimum atomic E-state index is 0.851. The molecule has 1 N–H and O–H groups in total. The maximum Gasteiger partial charge on any atom is 0.193 e. The number of guanidine groups is 1. The van der Waals surface area contributed by atoms with E-state index in [9.17, 15) is 0 Å². The van der Waals surface area contributed by atoms with E-state index in [0.717, 1.165) is 75.3 Å². The molecule has 0 radical (unpaired) electrons. The van der Waals surface area contributed by atoms with Crippen molar-refractivity contribution < 1.29 is 9.47 Å². The Morgan fingerprint density at radius 1 is 1.17 bits per heavy atom. The Morgan fingerprint density at radius 3 is 2.60 bits per heavy atom. The Morgan fingerprint density at radius 2 is 1.97 bits per heavy atom. The normalized spacial score (nSPS) is 15.3. The van der Waals surface area contributed by atoms with Crippen LogP contribution in [0.3, 0.4) is 0 Å². The molecular formula is C22H34N6O2. The van der Waals surface area contributed by atoms with Crippen LogP contribution in [0, 0.1) is 6.92 Å². The summed E-state index contributed by atoms with van der Waals surface area (Å²) in [6.45, 7) is 8.56. The van der Waals surface area contributed by atoms with Gasteiger partial charge in [-0.05, 0) is 37.1 Å². The third-order valence-corrected chi connectivity index (χ3v) is 5.37. The van der Waals surface area contributed by atoms with Crippen molar-refractivity contribution in [1.82, 2.24) is 24.9 Å². The molecule has 30 heavy (non-hydrogen) atoms. The molecule has 1 fully saturated rings. The minimum Gasteiger partial charge on any atom is -0.497 e. The fourth-order valence-electron chi connectivity index (χ4n) is 3.73. The number of hydrogen-bond acceptors (Lipinski definition) is 5. The lowest BCUT2D eigenvalue weighted by Gasteiger charge is -2.36. The van der Waals surface area contributed by atoms with Crippen LogP contribution in [-0.2, 0) is 13.1 Å². The van der Waals surface area contributed by atoms with Crippen molar-refractivity contribution in [2.24, 2.45) is 4.99 Å². The third kappa shape index (κ3) is 5.89. The van der Waals surface area contributed by atoms with Crippen LogP contribution in [0.1, 0.15) is 17.5 Å². The number of aryl methyl sites for hydroxylation is 2. The molecule has 1 saturated heterocycles. The molecule has 1 aromatic heterocycles. The highest BCUT2D eigenvalue weighted by Crippen LogP contribution is 2.25. The first-order valence-electron chi connectivity index (χ1n) is 10.5. The van der Waals surface area contributed by atoms with E-state index in [-0.39, 0.29) is 0 Å². The van der Waals surface area contributed by atoms with Gasteiger partial charge in [-0.25, -0.2) is 0 Å². The van der Waals surface area contributed by atoms with Crippen LogP contribution in [0.4, 0.5) is 0 Å². The highest BCUT2D eigenvalue weighted by molar-refractivity contribution is 5.79. The van der Waals surface area contributed by atoms with Gasteiger partial charge in [0.2, 0.25) is 0 Å². The lowest BCUT2D eigenvalue weighted by Crippen LogP contribution is -2.52. The van der Waals surface area contributed by atoms with Gasteiger partial charge in [-0.3, -0.25) is 14.6 Å². The molecule has 1 aliphatic heterocycles. The number of methoxy groups -OCH3 is 2. The highest BCUT2D eigenvalue weighted by atomic mass is 16.5. The van der Waals surface area contributed by atoms with Crippen LogP contribution < -0.4 is 14.8 Å². The molecule has 0 aliphatic carbocycles. The number of piperazine rings is 1. The number of aromatic nitrogens is 2. The first-order valence-corrected chi connectivity index (χ1v) is 10.5. The van der Waals surface area contributed by atoms with Crippen molar-refractivity contribution in [2.45, 2.75) is 26.4 Å². The van der Waals surface area contributed by atoms with Gasteiger partial charge in [-0.2, -0.15) is 5.10 Å². The molecule has 1 aliphatic rings. The van der Waals surface area contributed by atoms with E-state index in [1.165, 1.54) is 5.56 Å². The zero-order valence-electron chi connectivity index (χ0n) is 18.6. The van der Waals surface area contributed by atoms with E-state index in [0.29, 0.717) is 0 Å². The summed E-state index contributed by atoms with van der Waals surface area (Å²) in [5.41, 5.74) is 2.35. The van der Waals surface area contributed by atoms with Crippen molar-refractivity contribution >= 4 is 5.96 Å². The lowest BCUT2D eigenvalue weighted by atomic mass is 10.1. The number of benzene rings is 1. The van der Waals surface area contributed by atoms with Crippen molar-refractivity contribution in [3.05, 3.63) is 41.7 Å². The molecule has 0 amide bonds. The molecule has 1 aromatic carbocycles. The van der Waals surface area contributed by atoms with Gasteiger partial charge < -0.3 is 19.7 Å². The van der Waals surface area contributed by atoms with Gasteiger partial charge >= 0.3 is 0 Å². The Hall–Kier alpha value is -2.74. The monoisotopic (exact) mass is 414 g/mol. The van der Waals surface area contributed by atoms with E-state index in [2.05, 4.69) is 44.4 Å². The molecule has 3 rings (SSSR count). The number of ether oxygens (including phenoxy) is 2. The molecule has 164 valence electrons. The minimum absolute atomic E-state index is 0.851. The molecular weight excluding hydrogens is 380 g/mol. The molecule has 0 bridgehead atoms. The summed E-state index contributed by atoms with van der Waals surface area (Å²) < 4.78 is 12.9. The van der Waals surface area contributed by atoms with E-state index >= 15 is 0 Å². The van der Waals surface area contributed by atoms with Gasteiger partial charge in [0.05, 0.1) is 20.4 Å². The molecule has 2 aromatic rings. The van der Waals surface area contributed by atoms with Crippen LogP contribution in [0.5, 0.6) is 11.5 Å². The standard InChI is InChI=1S/C22H34N6O2/c1-18-15-25-28(16-18)9-5-8-24-22(23-2)27-12-10-26(11-13-27)17-19-14-20(29-3)6-7-21(19)30-4/h6-7,14-16H,5,8-13,17H2,1-4H3,(H,23,24). The zero-order valence-corrected chi connectivity index (χ0v) is 18.6.